The summed E-state index contributed by atoms with van der Waals surface area (Å²) < 4.78 is 0. The van der Waals surface area contributed by atoms with Crippen LogP contribution < -0.4 is 11.5 Å². The van der Waals surface area contributed by atoms with Crippen molar-refractivity contribution in [1.29, 1.82) is 0 Å². The summed E-state index contributed by atoms with van der Waals surface area (Å²) in [4.78, 5) is 1.31. The molecule has 0 unspecified atom stereocenters. The van der Waals surface area contributed by atoms with Crippen molar-refractivity contribution in [3.63, 3.8) is 0 Å². The normalized spacial score (nSPS) is 9.71. The number of rotatable bonds is 4. The van der Waals surface area contributed by atoms with Gasteiger partial charge in [-0.25, -0.2) is 0 Å². The van der Waals surface area contributed by atoms with Crippen LogP contribution in [0.4, 0.5) is 5.69 Å². The highest BCUT2D eigenvalue weighted by Gasteiger charge is 1.94. The zero-order valence-electron chi connectivity index (χ0n) is 9.21. The average Bonchev–Trinajstić information content (AvgIpc) is 2.15. The predicted octanol–water partition coefficient (Wildman–Crippen LogP) is 3.64. The maximum atomic E-state index is 3.39. The van der Waals surface area contributed by atoms with Crippen LogP contribution in [0.2, 0.25) is 0 Å². The first-order valence-corrected chi connectivity index (χ1v) is 5.82. The number of benzene rings is 1. The standard InChI is InChI=1S/C11H17NS.H3N/c1-9(2)8-12-10-4-6-11(13-3)7-5-10;/h4-7,9,12H,8H2,1-3H3;1H3. The summed E-state index contributed by atoms with van der Waals surface area (Å²) in [5.41, 5.74) is 1.21. The van der Waals surface area contributed by atoms with E-state index in [1.165, 1.54) is 10.6 Å². The third-order valence-corrected chi connectivity index (χ3v) is 2.55. The molecule has 1 rings (SSSR count). The lowest BCUT2D eigenvalue weighted by Gasteiger charge is -2.08. The summed E-state index contributed by atoms with van der Waals surface area (Å²) in [5, 5.41) is 3.39. The van der Waals surface area contributed by atoms with E-state index < -0.39 is 0 Å². The smallest absolute Gasteiger partial charge is 0.0341 e. The van der Waals surface area contributed by atoms with E-state index in [4.69, 9.17) is 0 Å². The fourth-order valence-electron chi connectivity index (χ4n) is 1.03. The molecular weight excluding hydrogens is 192 g/mol. The van der Waals surface area contributed by atoms with Crippen LogP contribution in [-0.4, -0.2) is 12.8 Å². The van der Waals surface area contributed by atoms with Gasteiger partial charge < -0.3 is 11.5 Å². The van der Waals surface area contributed by atoms with Crippen LogP contribution in [-0.2, 0) is 0 Å². The van der Waals surface area contributed by atoms with Gasteiger partial charge in [-0.1, -0.05) is 13.8 Å². The maximum absolute atomic E-state index is 3.39. The molecule has 0 saturated carbocycles. The molecule has 0 amide bonds. The van der Waals surface area contributed by atoms with Crippen LogP contribution in [0, 0.1) is 5.92 Å². The lowest BCUT2D eigenvalue weighted by molar-refractivity contribution is 0.689. The molecule has 0 saturated heterocycles. The van der Waals surface area contributed by atoms with Gasteiger partial charge in [-0.05, 0) is 36.4 Å². The molecule has 0 spiro atoms. The number of hydrogen-bond donors (Lipinski definition) is 2. The van der Waals surface area contributed by atoms with Crippen LogP contribution >= 0.6 is 11.8 Å². The third kappa shape index (κ3) is 4.53. The zero-order chi connectivity index (χ0) is 9.68. The summed E-state index contributed by atoms with van der Waals surface area (Å²) in [7, 11) is 0. The predicted molar refractivity (Wildman–Crippen MR) is 66.6 cm³/mol. The quantitative estimate of drug-likeness (QED) is 0.749. The number of thioether (sulfide) groups is 1. The van der Waals surface area contributed by atoms with Gasteiger partial charge in [0.15, 0.2) is 0 Å². The summed E-state index contributed by atoms with van der Waals surface area (Å²) in [6, 6.07) is 8.56. The Labute approximate surface area is 91.1 Å². The van der Waals surface area contributed by atoms with Crippen molar-refractivity contribution >= 4 is 17.4 Å². The highest BCUT2D eigenvalue weighted by atomic mass is 32.2. The third-order valence-electron chi connectivity index (χ3n) is 1.80. The first kappa shape index (κ1) is 13.3. The molecule has 80 valence electrons. The number of nitrogens with one attached hydrogen (secondary N) is 1. The second-order valence-corrected chi connectivity index (χ2v) is 4.38. The van der Waals surface area contributed by atoms with Crippen LogP contribution in [0.25, 0.3) is 0 Å². The van der Waals surface area contributed by atoms with Crippen LogP contribution in [0.3, 0.4) is 0 Å². The van der Waals surface area contributed by atoms with Crippen LogP contribution in [0.5, 0.6) is 0 Å². The molecule has 0 aliphatic rings. The Hall–Kier alpha value is -0.670. The van der Waals surface area contributed by atoms with Gasteiger partial charge in [-0.3, -0.25) is 0 Å². The first-order chi connectivity index (χ1) is 6.22. The molecule has 0 radical (unpaired) electrons. The lowest BCUT2D eigenvalue weighted by atomic mass is 10.2. The minimum Gasteiger partial charge on any atom is -0.385 e. The molecule has 0 aliphatic carbocycles. The molecule has 0 bridgehead atoms. The minimum atomic E-state index is 0. The molecule has 1 aromatic rings. The van der Waals surface area contributed by atoms with Gasteiger partial charge in [0.1, 0.15) is 0 Å². The molecule has 1 aromatic carbocycles. The fraction of sp³-hybridized carbons (Fsp3) is 0.455. The fourth-order valence-corrected chi connectivity index (χ4v) is 1.44. The van der Waals surface area contributed by atoms with Crippen molar-refractivity contribution in [2.45, 2.75) is 18.7 Å². The Kier molecular flexibility index (Phi) is 6.41. The van der Waals surface area contributed by atoms with Crippen LogP contribution in [0.1, 0.15) is 13.8 Å². The molecule has 3 heteroatoms. The van der Waals surface area contributed by atoms with Gasteiger partial charge in [0, 0.05) is 17.1 Å². The van der Waals surface area contributed by atoms with E-state index in [9.17, 15) is 0 Å². The molecule has 14 heavy (non-hydrogen) atoms. The molecule has 0 aliphatic heterocycles. The Morgan fingerprint density at radius 1 is 1.21 bits per heavy atom. The highest BCUT2D eigenvalue weighted by molar-refractivity contribution is 7.98. The molecule has 0 aromatic heterocycles. The number of hydrogen-bond acceptors (Lipinski definition) is 3. The van der Waals surface area contributed by atoms with E-state index in [-0.39, 0.29) is 6.15 Å². The summed E-state index contributed by atoms with van der Waals surface area (Å²) >= 11 is 1.77. The summed E-state index contributed by atoms with van der Waals surface area (Å²) in [6.07, 6.45) is 2.09. The van der Waals surface area contributed by atoms with E-state index in [1.807, 2.05) is 0 Å². The van der Waals surface area contributed by atoms with Gasteiger partial charge in [-0.15, -0.1) is 11.8 Å². The Balaban J connectivity index is 0.00000169. The van der Waals surface area contributed by atoms with Crippen molar-refractivity contribution < 1.29 is 0 Å². The van der Waals surface area contributed by atoms with Crippen molar-refractivity contribution in [2.75, 3.05) is 18.1 Å². The van der Waals surface area contributed by atoms with Crippen molar-refractivity contribution in [3.8, 4) is 0 Å². The lowest BCUT2D eigenvalue weighted by Crippen LogP contribution is -2.07. The molecule has 0 atom stereocenters. The van der Waals surface area contributed by atoms with Crippen molar-refractivity contribution in [3.05, 3.63) is 24.3 Å². The van der Waals surface area contributed by atoms with Gasteiger partial charge in [-0.2, -0.15) is 0 Å². The highest BCUT2D eigenvalue weighted by Crippen LogP contribution is 2.17. The SMILES string of the molecule is CSc1ccc(NCC(C)C)cc1.N. The topological polar surface area (TPSA) is 47.0 Å². The van der Waals surface area contributed by atoms with E-state index in [2.05, 4.69) is 49.7 Å². The second-order valence-electron chi connectivity index (χ2n) is 3.50. The minimum absolute atomic E-state index is 0. The monoisotopic (exact) mass is 212 g/mol. The molecule has 0 fully saturated rings. The second kappa shape index (κ2) is 6.74. The van der Waals surface area contributed by atoms with Crippen molar-refractivity contribution in [1.82, 2.24) is 6.15 Å². The Morgan fingerprint density at radius 2 is 1.79 bits per heavy atom. The first-order valence-electron chi connectivity index (χ1n) is 4.60. The summed E-state index contributed by atoms with van der Waals surface area (Å²) in [5.74, 6) is 0.695. The van der Waals surface area contributed by atoms with Crippen LogP contribution in [0.15, 0.2) is 29.2 Å². The van der Waals surface area contributed by atoms with E-state index in [1.54, 1.807) is 11.8 Å². The van der Waals surface area contributed by atoms with Gasteiger partial charge in [0.2, 0.25) is 0 Å². The zero-order valence-corrected chi connectivity index (χ0v) is 10.0. The van der Waals surface area contributed by atoms with Crippen molar-refractivity contribution in [2.24, 2.45) is 5.92 Å². The van der Waals surface area contributed by atoms with Gasteiger partial charge in [0.05, 0.1) is 0 Å². The van der Waals surface area contributed by atoms with Gasteiger partial charge in [0.25, 0.3) is 0 Å². The largest absolute Gasteiger partial charge is 0.385 e. The molecule has 0 heterocycles. The molecule has 4 N–H and O–H groups in total. The summed E-state index contributed by atoms with van der Waals surface area (Å²) in [6.45, 7) is 5.46. The van der Waals surface area contributed by atoms with Gasteiger partial charge >= 0.3 is 0 Å². The Morgan fingerprint density at radius 3 is 2.21 bits per heavy atom. The Bertz CT molecular complexity index is 244. The van der Waals surface area contributed by atoms with E-state index >= 15 is 0 Å². The van der Waals surface area contributed by atoms with E-state index in [0.717, 1.165) is 6.54 Å². The maximum Gasteiger partial charge on any atom is 0.0341 e. The molecular formula is C11H20N2S. The average molecular weight is 212 g/mol. The van der Waals surface area contributed by atoms with E-state index in [0.29, 0.717) is 5.92 Å². The number of anilines is 1. The molecule has 2 nitrogen and oxygen atoms in total.